The molecule has 0 fully saturated rings. The molecule has 6 aromatic carbocycles. The van der Waals surface area contributed by atoms with Crippen molar-refractivity contribution in [2.45, 2.75) is 20.3 Å². The normalized spacial score (nSPS) is 15.1. The molecule has 8 rings (SSSR count). The number of pyridine rings is 1. The highest BCUT2D eigenvalue weighted by molar-refractivity contribution is 6.02. The molecule has 55 heavy (non-hydrogen) atoms. The molecule has 0 saturated carbocycles. The van der Waals surface area contributed by atoms with Gasteiger partial charge < -0.3 is 0 Å². The molecule has 2 heteroatoms. The number of aliphatic imine (C=N–C) groups is 1. The lowest BCUT2D eigenvalue weighted by Gasteiger charge is -2.22. The number of fused-ring (bicyclic) bond motifs is 1. The van der Waals surface area contributed by atoms with Crippen molar-refractivity contribution in [2.75, 3.05) is 0 Å². The van der Waals surface area contributed by atoms with E-state index in [0.717, 1.165) is 62.5 Å². The molecule has 0 N–H and O–H groups in total. The molecule has 0 spiro atoms. The zero-order valence-electron chi connectivity index (χ0n) is 31.4. The summed E-state index contributed by atoms with van der Waals surface area (Å²) in [4.78, 5) is 10.1. The molecular formula is C53H44N2. The molecule has 2 nitrogen and oxygen atoms in total. The molecule has 2 atom stereocenters. The van der Waals surface area contributed by atoms with Gasteiger partial charge >= 0.3 is 0 Å². The van der Waals surface area contributed by atoms with Gasteiger partial charge in [-0.3, -0.25) is 9.98 Å². The Morgan fingerprint density at radius 2 is 1.33 bits per heavy atom. The standard InChI is InChI=1S/C53H44N2/c1-37(38(2)40-23-25-43(26-24-40)41-14-6-4-7-15-41)34-52(46-17-8-5-9-18-46)55-39(3)47-20-12-21-49(35-47)44-27-30-45(31-28-44)51-22-13-33-54-53(51)50-32-29-42-16-10-11-19-48(42)36-50/h4-23,25-37,40H,2,24H2,1,3H3/b52-34-,55-39+. The van der Waals surface area contributed by atoms with Crippen LogP contribution in [-0.2, 0) is 0 Å². The van der Waals surface area contributed by atoms with Gasteiger partial charge in [0.25, 0.3) is 0 Å². The summed E-state index contributed by atoms with van der Waals surface area (Å²) in [5.74, 6) is 0.423. The average Bonchev–Trinajstić information content (AvgIpc) is 3.26. The van der Waals surface area contributed by atoms with Gasteiger partial charge in [-0.25, -0.2) is 0 Å². The van der Waals surface area contributed by atoms with Crippen molar-refractivity contribution in [1.82, 2.24) is 4.98 Å². The van der Waals surface area contributed by atoms with Crippen LogP contribution in [0.15, 0.2) is 211 Å². The molecule has 7 aromatic rings. The van der Waals surface area contributed by atoms with Crippen molar-refractivity contribution < 1.29 is 0 Å². The van der Waals surface area contributed by atoms with E-state index in [1.165, 1.54) is 27.5 Å². The Bertz CT molecular complexity index is 2590. The van der Waals surface area contributed by atoms with Gasteiger partial charge in [-0.15, -0.1) is 0 Å². The van der Waals surface area contributed by atoms with E-state index in [0.29, 0.717) is 0 Å². The van der Waals surface area contributed by atoms with Gasteiger partial charge in [-0.1, -0.05) is 189 Å². The molecule has 0 bridgehead atoms. The van der Waals surface area contributed by atoms with Crippen LogP contribution < -0.4 is 0 Å². The van der Waals surface area contributed by atoms with Gasteiger partial charge in [0, 0.05) is 29.0 Å². The molecule has 0 radical (unpaired) electrons. The van der Waals surface area contributed by atoms with Crippen molar-refractivity contribution in [1.29, 1.82) is 0 Å². The maximum Gasteiger partial charge on any atom is 0.0780 e. The van der Waals surface area contributed by atoms with E-state index in [9.17, 15) is 0 Å². The molecule has 266 valence electrons. The summed E-state index contributed by atoms with van der Waals surface area (Å²) in [6.45, 7) is 8.93. The van der Waals surface area contributed by atoms with Crippen LogP contribution in [0, 0.1) is 11.8 Å². The zero-order chi connectivity index (χ0) is 37.6. The van der Waals surface area contributed by atoms with E-state index < -0.39 is 0 Å². The average molecular weight is 709 g/mol. The predicted octanol–water partition coefficient (Wildman–Crippen LogP) is 13.9. The lowest BCUT2D eigenvalue weighted by molar-refractivity contribution is 0.674. The Morgan fingerprint density at radius 3 is 2.09 bits per heavy atom. The second kappa shape index (κ2) is 16.2. The summed E-state index contributed by atoms with van der Waals surface area (Å²) in [5, 5.41) is 2.44. The third-order valence-electron chi connectivity index (χ3n) is 10.7. The summed E-state index contributed by atoms with van der Waals surface area (Å²) < 4.78 is 0. The van der Waals surface area contributed by atoms with Crippen LogP contribution in [0.5, 0.6) is 0 Å². The Balaban J connectivity index is 1.03. The Morgan fingerprint density at radius 1 is 0.655 bits per heavy atom. The molecule has 1 aliphatic rings. The number of benzene rings is 6. The van der Waals surface area contributed by atoms with Crippen LogP contribution in [-0.4, -0.2) is 10.7 Å². The molecule has 1 aliphatic carbocycles. The van der Waals surface area contributed by atoms with E-state index in [1.807, 2.05) is 12.3 Å². The number of aromatic nitrogens is 1. The Kier molecular flexibility index (Phi) is 10.4. The minimum atomic E-state index is 0.138. The van der Waals surface area contributed by atoms with Crippen LogP contribution in [0.3, 0.4) is 0 Å². The van der Waals surface area contributed by atoms with Gasteiger partial charge in [-0.05, 0) is 87.2 Å². The third kappa shape index (κ3) is 8.00. The topological polar surface area (TPSA) is 25.2 Å². The third-order valence-corrected chi connectivity index (χ3v) is 10.7. The molecule has 1 aromatic heterocycles. The number of nitrogens with zero attached hydrogens (tertiary/aromatic N) is 2. The highest BCUT2D eigenvalue weighted by Crippen LogP contribution is 2.35. The number of rotatable bonds is 10. The Hall–Kier alpha value is -6.64. The fourth-order valence-electron chi connectivity index (χ4n) is 7.44. The number of hydrogen-bond donors (Lipinski definition) is 0. The van der Waals surface area contributed by atoms with Crippen molar-refractivity contribution in [3.05, 3.63) is 223 Å². The summed E-state index contributed by atoms with van der Waals surface area (Å²) >= 11 is 0. The van der Waals surface area contributed by atoms with Crippen LogP contribution in [0.4, 0.5) is 0 Å². The molecule has 2 unspecified atom stereocenters. The Labute approximate surface area is 325 Å². The summed E-state index contributed by atoms with van der Waals surface area (Å²) in [7, 11) is 0. The lowest BCUT2D eigenvalue weighted by atomic mass is 9.83. The van der Waals surface area contributed by atoms with Gasteiger partial charge in [0.1, 0.15) is 0 Å². The van der Waals surface area contributed by atoms with Gasteiger partial charge in [-0.2, -0.15) is 0 Å². The zero-order valence-corrected chi connectivity index (χ0v) is 31.4. The molecule has 0 amide bonds. The van der Waals surface area contributed by atoms with Gasteiger partial charge in [0.15, 0.2) is 0 Å². The molecule has 1 heterocycles. The van der Waals surface area contributed by atoms with Crippen molar-refractivity contribution >= 4 is 27.8 Å². The minimum absolute atomic E-state index is 0.138. The van der Waals surface area contributed by atoms with Crippen molar-refractivity contribution in [2.24, 2.45) is 16.8 Å². The highest BCUT2D eigenvalue weighted by Gasteiger charge is 2.18. The fourth-order valence-corrected chi connectivity index (χ4v) is 7.44. The molecule has 0 saturated heterocycles. The van der Waals surface area contributed by atoms with Crippen molar-refractivity contribution in [3.63, 3.8) is 0 Å². The first-order valence-corrected chi connectivity index (χ1v) is 19.1. The summed E-state index contributed by atoms with van der Waals surface area (Å²) in [6, 6.07) is 57.8. The van der Waals surface area contributed by atoms with Crippen LogP contribution in [0.1, 0.15) is 37.0 Å². The predicted molar refractivity (Wildman–Crippen MR) is 235 cm³/mol. The SMILES string of the molecule is C=C(C(C)/C=C(\N=C(/C)c1cccc(-c2ccc(-c3cccnc3-c3ccc4ccccc4c3)cc2)c1)c1ccccc1)C1C=CC(c2ccccc2)=CC1. The first-order chi connectivity index (χ1) is 27.0. The summed E-state index contributed by atoms with van der Waals surface area (Å²) in [6.07, 6.45) is 12.0. The van der Waals surface area contributed by atoms with E-state index in [4.69, 9.17) is 9.98 Å². The van der Waals surface area contributed by atoms with E-state index in [1.54, 1.807) is 0 Å². The van der Waals surface area contributed by atoms with Crippen LogP contribution >= 0.6 is 0 Å². The second-order valence-corrected chi connectivity index (χ2v) is 14.3. The number of allylic oxidation sites excluding steroid dienone is 6. The molecule has 0 aliphatic heterocycles. The summed E-state index contributed by atoms with van der Waals surface area (Å²) in [5.41, 5.74) is 14.5. The lowest BCUT2D eigenvalue weighted by Crippen LogP contribution is -2.09. The van der Waals surface area contributed by atoms with Gasteiger partial charge in [0.05, 0.1) is 11.4 Å². The van der Waals surface area contributed by atoms with Crippen LogP contribution in [0.2, 0.25) is 0 Å². The smallest absolute Gasteiger partial charge is 0.0780 e. The largest absolute Gasteiger partial charge is 0.256 e. The van der Waals surface area contributed by atoms with E-state index >= 15 is 0 Å². The quantitative estimate of drug-likeness (QED) is 0.103. The van der Waals surface area contributed by atoms with Gasteiger partial charge in [0.2, 0.25) is 0 Å². The van der Waals surface area contributed by atoms with E-state index in [-0.39, 0.29) is 11.8 Å². The number of hydrogen-bond acceptors (Lipinski definition) is 2. The second-order valence-electron chi connectivity index (χ2n) is 14.3. The van der Waals surface area contributed by atoms with Crippen molar-refractivity contribution in [3.8, 4) is 33.5 Å². The molecular weight excluding hydrogens is 665 g/mol. The maximum absolute atomic E-state index is 5.28. The van der Waals surface area contributed by atoms with Crippen LogP contribution in [0.25, 0.3) is 55.6 Å². The minimum Gasteiger partial charge on any atom is -0.256 e. The fraction of sp³-hybridized carbons (Fsp3) is 0.0943. The monoisotopic (exact) mass is 708 g/mol. The maximum atomic E-state index is 5.28. The first kappa shape index (κ1) is 35.4. The first-order valence-electron chi connectivity index (χ1n) is 19.1. The van der Waals surface area contributed by atoms with E-state index in [2.05, 4.69) is 202 Å². The highest BCUT2D eigenvalue weighted by atomic mass is 14.8.